The van der Waals surface area contributed by atoms with Crippen LogP contribution in [0.4, 0.5) is 0 Å². The molecule has 2 aliphatic rings. The second kappa shape index (κ2) is 3.54. The number of nitrogens with one attached hydrogen (secondary N) is 1. The maximum atomic E-state index is 5.57. The maximum absolute atomic E-state index is 5.57. The second-order valence-electron chi connectivity index (χ2n) is 5.32. The fourth-order valence-electron chi connectivity index (χ4n) is 2.46. The Morgan fingerprint density at radius 2 is 2.07 bits per heavy atom. The largest absolute Gasteiger partial charge is 0.312 e. The maximum Gasteiger partial charge on any atom is 0.114 e. The topological polar surface area (TPSA) is 50.4 Å². The van der Waals surface area contributed by atoms with E-state index in [0.29, 0.717) is 17.4 Å². The first kappa shape index (κ1) is 9.97. The standard InChI is InChI=1S/C11H21N3/c1-11(2)7-3-4-9(11)10(14-12)13-8-5-6-8/h8-9H,3-7,12H2,1-2H3,(H,13,14). The van der Waals surface area contributed by atoms with Gasteiger partial charge in [-0.2, -0.15) is 0 Å². The Hall–Kier alpha value is -0.570. The van der Waals surface area contributed by atoms with Gasteiger partial charge in [0.25, 0.3) is 0 Å². The summed E-state index contributed by atoms with van der Waals surface area (Å²) >= 11 is 0. The molecule has 3 N–H and O–H groups in total. The highest BCUT2D eigenvalue weighted by Crippen LogP contribution is 2.43. The summed E-state index contributed by atoms with van der Waals surface area (Å²) in [4.78, 5) is 4.66. The average molecular weight is 195 g/mol. The normalized spacial score (nSPS) is 31.9. The Morgan fingerprint density at radius 3 is 2.50 bits per heavy atom. The molecule has 0 aromatic rings. The molecule has 1 atom stereocenters. The first-order valence-corrected chi connectivity index (χ1v) is 5.68. The van der Waals surface area contributed by atoms with Crippen molar-refractivity contribution >= 4 is 5.84 Å². The van der Waals surface area contributed by atoms with Crippen molar-refractivity contribution in [3.8, 4) is 0 Å². The van der Waals surface area contributed by atoms with Crippen molar-refractivity contribution in [3.05, 3.63) is 0 Å². The van der Waals surface area contributed by atoms with Crippen molar-refractivity contribution in [2.24, 2.45) is 22.2 Å². The first-order chi connectivity index (χ1) is 6.63. The van der Waals surface area contributed by atoms with Crippen molar-refractivity contribution in [3.63, 3.8) is 0 Å². The zero-order chi connectivity index (χ0) is 10.2. The fourth-order valence-corrected chi connectivity index (χ4v) is 2.46. The molecule has 2 aliphatic carbocycles. The molecule has 3 heteroatoms. The van der Waals surface area contributed by atoms with Crippen LogP contribution in [-0.2, 0) is 0 Å². The zero-order valence-electron chi connectivity index (χ0n) is 9.21. The van der Waals surface area contributed by atoms with Crippen LogP contribution in [0.15, 0.2) is 4.99 Å². The van der Waals surface area contributed by atoms with Crippen molar-refractivity contribution in [2.75, 3.05) is 0 Å². The number of hydrogen-bond donors (Lipinski definition) is 2. The van der Waals surface area contributed by atoms with Gasteiger partial charge in [0.05, 0.1) is 6.04 Å². The van der Waals surface area contributed by atoms with E-state index in [9.17, 15) is 0 Å². The molecule has 80 valence electrons. The van der Waals surface area contributed by atoms with E-state index in [2.05, 4.69) is 24.3 Å². The lowest BCUT2D eigenvalue weighted by molar-refractivity contribution is 0.321. The molecular weight excluding hydrogens is 174 g/mol. The van der Waals surface area contributed by atoms with E-state index >= 15 is 0 Å². The lowest BCUT2D eigenvalue weighted by Gasteiger charge is -2.27. The van der Waals surface area contributed by atoms with E-state index in [4.69, 9.17) is 5.84 Å². The third-order valence-electron chi connectivity index (χ3n) is 3.60. The molecular formula is C11H21N3. The smallest absolute Gasteiger partial charge is 0.114 e. The van der Waals surface area contributed by atoms with Gasteiger partial charge >= 0.3 is 0 Å². The molecule has 0 radical (unpaired) electrons. The zero-order valence-corrected chi connectivity index (χ0v) is 9.21. The van der Waals surface area contributed by atoms with Crippen molar-refractivity contribution < 1.29 is 0 Å². The number of rotatable bonds is 2. The van der Waals surface area contributed by atoms with Crippen LogP contribution in [0.5, 0.6) is 0 Å². The van der Waals surface area contributed by atoms with Gasteiger partial charge < -0.3 is 5.43 Å². The average Bonchev–Trinajstić information content (AvgIpc) is 2.87. The van der Waals surface area contributed by atoms with E-state index in [-0.39, 0.29) is 0 Å². The Morgan fingerprint density at radius 1 is 1.36 bits per heavy atom. The van der Waals surface area contributed by atoms with Crippen LogP contribution in [-0.4, -0.2) is 11.9 Å². The van der Waals surface area contributed by atoms with Gasteiger partial charge in [0.15, 0.2) is 0 Å². The molecule has 1 unspecified atom stereocenters. The number of hydrazine groups is 1. The summed E-state index contributed by atoms with van der Waals surface area (Å²) in [6.07, 6.45) is 6.34. The van der Waals surface area contributed by atoms with Gasteiger partial charge in [-0.1, -0.05) is 20.3 Å². The summed E-state index contributed by atoms with van der Waals surface area (Å²) in [6, 6.07) is 0.567. The Labute approximate surface area is 86.1 Å². The van der Waals surface area contributed by atoms with Crippen molar-refractivity contribution in [1.29, 1.82) is 0 Å². The van der Waals surface area contributed by atoms with Crippen LogP contribution in [0.1, 0.15) is 46.0 Å². The molecule has 0 heterocycles. The predicted molar refractivity (Wildman–Crippen MR) is 58.9 cm³/mol. The highest BCUT2D eigenvalue weighted by Gasteiger charge is 2.38. The van der Waals surface area contributed by atoms with Gasteiger partial charge in [-0.15, -0.1) is 0 Å². The Kier molecular flexibility index (Phi) is 2.52. The van der Waals surface area contributed by atoms with E-state index in [1.807, 2.05) is 0 Å². The molecule has 14 heavy (non-hydrogen) atoms. The monoisotopic (exact) mass is 195 g/mol. The van der Waals surface area contributed by atoms with Gasteiger partial charge in [-0.05, 0) is 31.1 Å². The number of amidine groups is 1. The van der Waals surface area contributed by atoms with Gasteiger partial charge in [0.1, 0.15) is 5.84 Å². The number of aliphatic imine (C=N–C) groups is 1. The van der Waals surface area contributed by atoms with Crippen LogP contribution in [0, 0.1) is 11.3 Å². The van der Waals surface area contributed by atoms with E-state index in [1.54, 1.807) is 0 Å². The molecule has 0 aromatic heterocycles. The summed E-state index contributed by atoms with van der Waals surface area (Å²) in [5.74, 6) is 7.17. The highest BCUT2D eigenvalue weighted by molar-refractivity contribution is 5.85. The number of nitrogens with two attached hydrogens (primary N) is 1. The van der Waals surface area contributed by atoms with Crippen LogP contribution in [0.25, 0.3) is 0 Å². The lowest BCUT2D eigenvalue weighted by Crippen LogP contribution is -2.40. The molecule has 0 aromatic carbocycles. The quantitative estimate of drug-likeness (QED) is 0.306. The van der Waals surface area contributed by atoms with Crippen LogP contribution in [0.3, 0.4) is 0 Å². The second-order valence-corrected chi connectivity index (χ2v) is 5.32. The van der Waals surface area contributed by atoms with Crippen LogP contribution in [0.2, 0.25) is 0 Å². The summed E-state index contributed by atoms with van der Waals surface area (Å²) in [6.45, 7) is 4.65. The molecule has 2 saturated carbocycles. The van der Waals surface area contributed by atoms with Crippen LogP contribution >= 0.6 is 0 Å². The summed E-state index contributed by atoms with van der Waals surface area (Å²) < 4.78 is 0. The molecule has 2 rings (SSSR count). The van der Waals surface area contributed by atoms with Crippen molar-refractivity contribution in [2.45, 2.75) is 52.0 Å². The molecule has 3 nitrogen and oxygen atoms in total. The number of hydrogen-bond acceptors (Lipinski definition) is 2. The third kappa shape index (κ3) is 1.92. The minimum absolute atomic E-state index is 0.375. The fraction of sp³-hybridized carbons (Fsp3) is 0.909. The summed E-state index contributed by atoms with van der Waals surface area (Å²) in [5.41, 5.74) is 3.20. The predicted octanol–water partition coefficient (Wildman–Crippen LogP) is 1.84. The summed E-state index contributed by atoms with van der Waals surface area (Å²) in [7, 11) is 0. The van der Waals surface area contributed by atoms with E-state index < -0.39 is 0 Å². The van der Waals surface area contributed by atoms with Gasteiger partial charge in [0, 0.05) is 5.92 Å². The minimum Gasteiger partial charge on any atom is -0.312 e. The SMILES string of the molecule is CC1(C)CCCC1C(=NC1CC1)NN. The molecule has 0 bridgehead atoms. The third-order valence-corrected chi connectivity index (χ3v) is 3.60. The molecule has 2 fully saturated rings. The van der Waals surface area contributed by atoms with Gasteiger partial charge in [-0.3, -0.25) is 4.99 Å². The first-order valence-electron chi connectivity index (χ1n) is 5.68. The van der Waals surface area contributed by atoms with Gasteiger partial charge in [-0.25, -0.2) is 5.84 Å². The minimum atomic E-state index is 0.375. The molecule has 0 spiro atoms. The Bertz CT molecular complexity index is 241. The Balaban J connectivity index is 2.10. The van der Waals surface area contributed by atoms with Gasteiger partial charge in [0.2, 0.25) is 0 Å². The lowest BCUT2D eigenvalue weighted by atomic mass is 9.81. The molecule has 0 saturated heterocycles. The van der Waals surface area contributed by atoms with E-state index in [1.165, 1.54) is 32.1 Å². The summed E-state index contributed by atoms with van der Waals surface area (Å²) in [5, 5.41) is 0. The van der Waals surface area contributed by atoms with Crippen LogP contribution < -0.4 is 11.3 Å². The molecule has 0 amide bonds. The molecule has 0 aliphatic heterocycles. The number of nitrogens with zero attached hydrogens (tertiary/aromatic N) is 1. The van der Waals surface area contributed by atoms with Crippen molar-refractivity contribution in [1.82, 2.24) is 5.43 Å². The van der Waals surface area contributed by atoms with E-state index in [0.717, 1.165) is 5.84 Å². The highest BCUT2D eigenvalue weighted by atomic mass is 15.3.